The van der Waals surface area contributed by atoms with E-state index in [1.807, 2.05) is 0 Å². The molecule has 0 aromatic heterocycles. The van der Waals surface area contributed by atoms with Crippen molar-refractivity contribution in [2.24, 2.45) is 5.10 Å². The van der Waals surface area contributed by atoms with E-state index in [0.717, 1.165) is 19.0 Å². The van der Waals surface area contributed by atoms with E-state index < -0.39 is 0 Å². The van der Waals surface area contributed by atoms with Gasteiger partial charge in [0.1, 0.15) is 5.82 Å². The number of nitrogens with one attached hydrogen (secondary N) is 2. The number of hydrazone groups is 1. The van der Waals surface area contributed by atoms with Gasteiger partial charge in [-0.3, -0.25) is 10.6 Å². The number of guanidine groups is 1. The van der Waals surface area contributed by atoms with Gasteiger partial charge in [-0.2, -0.15) is 0 Å². The molecule has 0 bridgehead atoms. The summed E-state index contributed by atoms with van der Waals surface area (Å²) in [7, 11) is 1.77. The Morgan fingerprint density at radius 2 is 2.12 bits per heavy atom. The minimum absolute atomic E-state index is 0.291. The molecule has 0 spiro atoms. The Kier molecular flexibility index (Phi) is 3.58. The van der Waals surface area contributed by atoms with Gasteiger partial charge in [0.05, 0.1) is 36.9 Å². The molecule has 1 aromatic carbocycles. The Morgan fingerprint density at radius 1 is 1.41 bits per heavy atom. The third-order valence-electron chi connectivity index (χ3n) is 2.39. The molecule has 0 radical (unpaired) electrons. The van der Waals surface area contributed by atoms with Gasteiger partial charge in [-0.25, -0.2) is 4.39 Å². The summed E-state index contributed by atoms with van der Waals surface area (Å²) in [6.45, 7) is 1.71. The first-order valence-electron chi connectivity index (χ1n) is 5.25. The molecule has 1 fully saturated rings. The van der Waals surface area contributed by atoms with Crippen molar-refractivity contribution in [3.8, 4) is 0 Å². The fourth-order valence-electron chi connectivity index (χ4n) is 1.49. The van der Waals surface area contributed by atoms with Gasteiger partial charge in [0.2, 0.25) is 0 Å². The molecule has 1 saturated heterocycles. The zero-order valence-electron chi connectivity index (χ0n) is 9.37. The normalized spacial score (nSPS) is 14.9. The highest BCUT2D eigenvalue weighted by molar-refractivity contribution is 6.33. The van der Waals surface area contributed by atoms with Gasteiger partial charge in [0.15, 0.2) is 0 Å². The second kappa shape index (κ2) is 5.14. The van der Waals surface area contributed by atoms with Gasteiger partial charge in [0.25, 0.3) is 0 Å². The van der Waals surface area contributed by atoms with Crippen molar-refractivity contribution >= 4 is 23.8 Å². The van der Waals surface area contributed by atoms with Gasteiger partial charge in [-0.1, -0.05) is 17.7 Å². The SMILES string of the molecule is C[N+](N=Cc1c(F)cccc1Cl)=C1NCCN1. The van der Waals surface area contributed by atoms with Crippen LogP contribution in [0.3, 0.4) is 0 Å². The molecular weight excluding hydrogens is 243 g/mol. The molecule has 90 valence electrons. The lowest BCUT2D eigenvalue weighted by Crippen LogP contribution is -2.31. The molecule has 1 aliphatic rings. The summed E-state index contributed by atoms with van der Waals surface area (Å²) in [6, 6.07) is 4.55. The molecule has 6 heteroatoms. The maximum atomic E-state index is 13.4. The third-order valence-corrected chi connectivity index (χ3v) is 2.72. The molecule has 1 aromatic rings. The van der Waals surface area contributed by atoms with Gasteiger partial charge in [0, 0.05) is 0 Å². The van der Waals surface area contributed by atoms with Gasteiger partial charge in [-0.15, -0.1) is 9.79 Å². The maximum absolute atomic E-state index is 13.4. The van der Waals surface area contributed by atoms with Crippen LogP contribution in [0.5, 0.6) is 0 Å². The number of hydrogen-bond donors (Lipinski definition) is 2. The molecule has 0 saturated carbocycles. The third kappa shape index (κ3) is 2.74. The molecule has 1 aliphatic heterocycles. The standard InChI is InChI=1S/C11H12ClFN4/c1-17(11-14-5-6-15-11)16-7-8-9(12)3-2-4-10(8)13/h2-4,7H,5-6H2,1H3,(H,14,15)/p+1. The van der Waals surface area contributed by atoms with Crippen molar-refractivity contribution in [3.05, 3.63) is 34.6 Å². The average molecular weight is 256 g/mol. The first kappa shape index (κ1) is 11.9. The quantitative estimate of drug-likeness (QED) is 0.470. The van der Waals surface area contributed by atoms with Crippen molar-refractivity contribution in [3.63, 3.8) is 0 Å². The van der Waals surface area contributed by atoms with E-state index in [1.54, 1.807) is 23.9 Å². The molecule has 2 rings (SSSR count). The number of halogens is 2. The van der Waals surface area contributed by atoms with E-state index >= 15 is 0 Å². The largest absolute Gasteiger partial charge is 0.369 e. The molecule has 17 heavy (non-hydrogen) atoms. The van der Waals surface area contributed by atoms with Crippen LogP contribution >= 0.6 is 11.6 Å². The minimum Gasteiger partial charge on any atom is -0.273 e. The summed E-state index contributed by atoms with van der Waals surface area (Å²) in [5, 5.41) is 10.7. The van der Waals surface area contributed by atoms with E-state index in [9.17, 15) is 4.39 Å². The lowest BCUT2D eigenvalue weighted by atomic mass is 10.2. The fourth-order valence-corrected chi connectivity index (χ4v) is 1.70. The zero-order chi connectivity index (χ0) is 12.3. The number of hydrogen-bond acceptors (Lipinski definition) is 1. The van der Waals surface area contributed by atoms with Crippen LogP contribution in [0.25, 0.3) is 0 Å². The van der Waals surface area contributed by atoms with Crippen molar-refractivity contribution in [1.29, 1.82) is 0 Å². The molecular formula is C11H13ClFN4+. The minimum atomic E-state index is -0.382. The first-order valence-corrected chi connectivity index (χ1v) is 5.62. The molecule has 0 amide bonds. The van der Waals surface area contributed by atoms with Crippen LogP contribution in [0.2, 0.25) is 5.02 Å². The van der Waals surface area contributed by atoms with Crippen molar-refractivity contribution < 1.29 is 9.07 Å². The second-order valence-electron chi connectivity index (χ2n) is 3.61. The Bertz CT molecular complexity index is 456. The predicted molar refractivity (Wildman–Crippen MR) is 66.2 cm³/mol. The van der Waals surface area contributed by atoms with Crippen LogP contribution in [0.15, 0.2) is 23.3 Å². The van der Waals surface area contributed by atoms with Crippen molar-refractivity contribution in [2.75, 3.05) is 20.1 Å². The summed E-state index contributed by atoms with van der Waals surface area (Å²) < 4.78 is 15.1. The van der Waals surface area contributed by atoms with Crippen LogP contribution in [0.1, 0.15) is 5.56 Å². The number of benzene rings is 1. The Labute approximate surface area is 104 Å². The highest BCUT2D eigenvalue weighted by Gasteiger charge is 2.15. The molecule has 0 aliphatic carbocycles. The highest BCUT2D eigenvalue weighted by Crippen LogP contribution is 2.16. The zero-order valence-corrected chi connectivity index (χ0v) is 10.1. The van der Waals surface area contributed by atoms with Gasteiger partial charge < -0.3 is 0 Å². The maximum Gasteiger partial charge on any atom is 0.369 e. The lowest BCUT2D eigenvalue weighted by molar-refractivity contribution is -0.505. The average Bonchev–Trinajstić information content (AvgIpc) is 2.81. The fraction of sp³-hybridized carbons (Fsp3) is 0.273. The number of rotatable bonds is 2. The Hall–Kier alpha value is -1.62. The molecule has 4 nitrogen and oxygen atoms in total. The predicted octanol–water partition coefficient (Wildman–Crippen LogP) is 1.00. The first-order chi connectivity index (χ1) is 8.18. The van der Waals surface area contributed by atoms with E-state index in [4.69, 9.17) is 11.6 Å². The Balaban J connectivity index is 2.23. The van der Waals surface area contributed by atoms with Gasteiger partial charge in [-0.05, 0) is 12.1 Å². The molecule has 1 heterocycles. The smallest absolute Gasteiger partial charge is 0.273 e. The van der Waals surface area contributed by atoms with Crippen LogP contribution in [-0.4, -0.2) is 37.0 Å². The number of nitrogens with zero attached hydrogens (tertiary/aromatic N) is 2. The molecule has 2 N–H and O–H groups in total. The Morgan fingerprint density at radius 3 is 2.76 bits per heavy atom. The van der Waals surface area contributed by atoms with Crippen LogP contribution in [-0.2, 0) is 0 Å². The van der Waals surface area contributed by atoms with Crippen LogP contribution in [0, 0.1) is 5.82 Å². The molecule has 0 atom stereocenters. The van der Waals surface area contributed by atoms with Crippen LogP contribution < -0.4 is 10.6 Å². The molecule has 0 unspecified atom stereocenters. The van der Waals surface area contributed by atoms with Crippen molar-refractivity contribution in [2.45, 2.75) is 0 Å². The highest BCUT2D eigenvalue weighted by atomic mass is 35.5. The summed E-state index contributed by atoms with van der Waals surface area (Å²) >= 11 is 5.88. The van der Waals surface area contributed by atoms with E-state index in [0.29, 0.717) is 10.6 Å². The van der Waals surface area contributed by atoms with E-state index in [1.165, 1.54) is 12.3 Å². The summed E-state index contributed by atoms with van der Waals surface area (Å²) in [5.41, 5.74) is 0.291. The van der Waals surface area contributed by atoms with Crippen LogP contribution in [0.4, 0.5) is 4.39 Å². The summed E-state index contributed by atoms with van der Waals surface area (Å²) in [5.74, 6) is 0.417. The van der Waals surface area contributed by atoms with E-state index in [2.05, 4.69) is 15.7 Å². The monoisotopic (exact) mass is 255 g/mol. The summed E-state index contributed by atoms with van der Waals surface area (Å²) in [4.78, 5) is 0. The van der Waals surface area contributed by atoms with Crippen molar-refractivity contribution in [1.82, 2.24) is 10.6 Å². The van der Waals surface area contributed by atoms with Gasteiger partial charge >= 0.3 is 5.96 Å². The van der Waals surface area contributed by atoms with E-state index in [-0.39, 0.29) is 5.82 Å². The topological polar surface area (TPSA) is 39.4 Å². The lowest BCUT2D eigenvalue weighted by Gasteiger charge is -2.00. The summed E-state index contributed by atoms with van der Waals surface area (Å²) in [6.07, 6.45) is 1.41. The second-order valence-corrected chi connectivity index (χ2v) is 4.01.